The molecule has 0 aromatic carbocycles. The largest absolute Gasteiger partial charge is 0.462 e. The summed E-state index contributed by atoms with van der Waals surface area (Å²) >= 11 is 0. The van der Waals surface area contributed by atoms with Crippen molar-refractivity contribution in [2.24, 2.45) is 0 Å². The van der Waals surface area contributed by atoms with Crippen LogP contribution in [0.15, 0.2) is 60.8 Å². The van der Waals surface area contributed by atoms with Gasteiger partial charge in [0.05, 0.1) is 0 Å². The van der Waals surface area contributed by atoms with Crippen molar-refractivity contribution in [3.63, 3.8) is 0 Å². The Balaban J connectivity index is 4.17. The molecular formula is C66H118O6. The molecule has 0 aliphatic heterocycles. The van der Waals surface area contributed by atoms with Crippen LogP contribution in [0.5, 0.6) is 0 Å². The molecule has 418 valence electrons. The summed E-state index contributed by atoms with van der Waals surface area (Å²) in [6.07, 6.45) is 76.7. The van der Waals surface area contributed by atoms with Crippen molar-refractivity contribution in [3.05, 3.63) is 60.8 Å². The zero-order chi connectivity index (χ0) is 52.2. The van der Waals surface area contributed by atoms with Crippen molar-refractivity contribution in [2.75, 3.05) is 13.2 Å². The number of unbranched alkanes of at least 4 members (excludes halogenated alkanes) is 36. The second-order valence-corrected chi connectivity index (χ2v) is 20.9. The van der Waals surface area contributed by atoms with Gasteiger partial charge < -0.3 is 14.2 Å². The molecule has 6 nitrogen and oxygen atoms in total. The fourth-order valence-electron chi connectivity index (χ4n) is 9.08. The SMILES string of the molecule is CC/C=C\C/C=C\C/C=C\C/C=C\CCCCCCCCCCC(=O)OC(COC(=O)CCCCCCCCCC)COC(=O)CCCCCCCCCCCCCCC/C=C\CCCCCCCCCC. The topological polar surface area (TPSA) is 78.9 Å². The van der Waals surface area contributed by atoms with Crippen LogP contribution in [-0.4, -0.2) is 37.2 Å². The number of esters is 3. The number of ether oxygens (including phenoxy) is 3. The summed E-state index contributed by atoms with van der Waals surface area (Å²) in [7, 11) is 0. The molecule has 1 atom stereocenters. The van der Waals surface area contributed by atoms with Gasteiger partial charge in [0.2, 0.25) is 0 Å². The lowest BCUT2D eigenvalue weighted by Crippen LogP contribution is -2.30. The van der Waals surface area contributed by atoms with E-state index in [-0.39, 0.29) is 31.1 Å². The van der Waals surface area contributed by atoms with Gasteiger partial charge in [-0.2, -0.15) is 0 Å². The monoisotopic (exact) mass is 1010 g/mol. The summed E-state index contributed by atoms with van der Waals surface area (Å²) in [5, 5.41) is 0. The maximum atomic E-state index is 12.9. The molecule has 6 heteroatoms. The minimum atomic E-state index is -0.776. The van der Waals surface area contributed by atoms with Crippen LogP contribution in [0.25, 0.3) is 0 Å². The Kier molecular flexibility index (Phi) is 58.2. The van der Waals surface area contributed by atoms with E-state index in [1.807, 2.05) is 0 Å². The zero-order valence-corrected chi connectivity index (χ0v) is 47.9. The molecule has 0 fully saturated rings. The summed E-state index contributed by atoms with van der Waals surface area (Å²) in [4.78, 5) is 38.1. The first-order chi connectivity index (χ1) is 35.5. The normalized spacial score (nSPS) is 12.4. The summed E-state index contributed by atoms with van der Waals surface area (Å²) < 4.78 is 16.9. The number of hydrogen-bond donors (Lipinski definition) is 0. The smallest absolute Gasteiger partial charge is 0.306 e. The number of carbonyl (C=O) groups excluding carboxylic acids is 3. The molecule has 0 spiro atoms. The van der Waals surface area contributed by atoms with Gasteiger partial charge in [-0.05, 0) is 83.5 Å². The molecule has 0 aliphatic rings. The fourth-order valence-corrected chi connectivity index (χ4v) is 9.08. The Hall–Kier alpha value is -2.89. The van der Waals surface area contributed by atoms with E-state index in [2.05, 4.69) is 81.5 Å². The Labute approximate surface area is 447 Å². The maximum absolute atomic E-state index is 12.9. The fraction of sp³-hybridized carbons (Fsp3) is 0.803. The van der Waals surface area contributed by atoms with Gasteiger partial charge in [0, 0.05) is 19.3 Å². The third kappa shape index (κ3) is 58.0. The second-order valence-electron chi connectivity index (χ2n) is 20.9. The lowest BCUT2D eigenvalue weighted by Gasteiger charge is -2.18. The van der Waals surface area contributed by atoms with Crippen molar-refractivity contribution in [2.45, 2.75) is 329 Å². The van der Waals surface area contributed by atoms with Crippen LogP contribution in [0.4, 0.5) is 0 Å². The molecule has 1 unspecified atom stereocenters. The van der Waals surface area contributed by atoms with Crippen LogP contribution >= 0.6 is 0 Å². The first-order valence-corrected chi connectivity index (χ1v) is 31.3. The van der Waals surface area contributed by atoms with Crippen LogP contribution in [0, 0.1) is 0 Å². The zero-order valence-electron chi connectivity index (χ0n) is 47.9. The molecular weight excluding hydrogens is 889 g/mol. The molecule has 0 bridgehead atoms. The third-order valence-electron chi connectivity index (χ3n) is 13.8. The summed E-state index contributed by atoms with van der Waals surface area (Å²) in [5.41, 5.74) is 0. The summed E-state index contributed by atoms with van der Waals surface area (Å²) in [6, 6.07) is 0. The standard InChI is InChI=1S/C66H118O6/c1-4-7-10-13-16-19-21-23-25-27-29-31-32-33-34-36-37-39-41-43-45-47-50-53-56-59-65(68)71-62-63(61-70-64(67)58-55-52-49-18-15-12-9-6-3)72-66(69)60-57-54-51-48-46-44-42-40-38-35-30-28-26-24-22-20-17-14-11-8-5-2/h8,11,17,20,24,26-27,29-30,35,63H,4-7,9-10,12-16,18-19,21-23,25,28,31-34,36-62H2,1-3H3/b11-8-,20-17-,26-24-,29-27-,35-30-. The molecule has 72 heavy (non-hydrogen) atoms. The van der Waals surface area contributed by atoms with Crippen molar-refractivity contribution in [3.8, 4) is 0 Å². The second kappa shape index (κ2) is 60.7. The number of rotatable bonds is 57. The van der Waals surface area contributed by atoms with Crippen molar-refractivity contribution < 1.29 is 28.6 Å². The Morgan fingerprint density at radius 2 is 0.542 bits per heavy atom. The van der Waals surface area contributed by atoms with Gasteiger partial charge in [-0.3, -0.25) is 14.4 Å². The lowest BCUT2D eigenvalue weighted by molar-refractivity contribution is -0.167. The predicted molar refractivity (Wildman–Crippen MR) is 312 cm³/mol. The minimum Gasteiger partial charge on any atom is -0.462 e. The highest BCUT2D eigenvalue weighted by atomic mass is 16.6. The minimum absolute atomic E-state index is 0.0747. The van der Waals surface area contributed by atoms with Gasteiger partial charge in [0.25, 0.3) is 0 Å². The van der Waals surface area contributed by atoms with Gasteiger partial charge in [-0.25, -0.2) is 0 Å². The van der Waals surface area contributed by atoms with E-state index < -0.39 is 6.10 Å². The van der Waals surface area contributed by atoms with Gasteiger partial charge in [-0.1, -0.05) is 281 Å². The van der Waals surface area contributed by atoms with Crippen LogP contribution < -0.4 is 0 Å². The van der Waals surface area contributed by atoms with Gasteiger partial charge in [0.15, 0.2) is 6.10 Å². The molecule has 0 aromatic heterocycles. The van der Waals surface area contributed by atoms with E-state index >= 15 is 0 Å². The average Bonchev–Trinajstić information content (AvgIpc) is 3.38. The first kappa shape index (κ1) is 69.1. The molecule has 0 radical (unpaired) electrons. The Morgan fingerprint density at radius 1 is 0.292 bits per heavy atom. The highest BCUT2D eigenvalue weighted by molar-refractivity contribution is 5.71. The molecule has 0 amide bonds. The average molecular weight is 1010 g/mol. The van der Waals surface area contributed by atoms with Crippen LogP contribution in [-0.2, 0) is 28.6 Å². The number of allylic oxidation sites excluding steroid dienone is 10. The quantitative estimate of drug-likeness (QED) is 0.0261. The summed E-state index contributed by atoms with van der Waals surface area (Å²) in [5.74, 6) is -0.873. The van der Waals surface area contributed by atoms with Crippen LogP contribution in [0.1, 0.15) is 323 Å². The Bertz CT molecular complexity index is 1290. The van der Waals surface area contributed by atoms with Crippen molar-refractivity contribution in [1.29, 1.82) is 0 Å². The van der Waals surface area contributed by atoms with Crippen molar-refractivity contribution >= 4 is 17.9 Å². The van der Waals surface area contributed by atoms with Crippen LogP contribution in [0.3, 0.4) is 0 Å². The molecule has 0 rings (SSSR count). The van der Waals surface area contributed by atoms with Gasteiger partial charge >= 0.3 is 17.9 Å². The molecule has 0 aromatic rings. The highest BCUT2D eigenvalue weighted by Gasteiger charge is 2.19. The predicted octanol–water partition coefficient (Wildman–Crippen LogP) is 21.2. The molecule has 0 heterocycles. The van der Waals surface area contributed by atoms with E-state index in [0.29, 0.717) is 19.3 Å². The van der Waals surface area contributed by atoms with Crippen molar-refractivity contribution in [1.82, 2.24) is 0 Å². The van der Waals surface area contributed by atoms with E-state index in [4.69, 9.17) is 14.2 Å². The molecule has 0 saturated heterocycles. The summed E-state index contributed by atoms with van der Waals surface area (Å²) in [6.45, 7) is 6.53. The van der Waals surface area contributed by atoms with Crippen LogP contribution in [0.2, 0.25) is 0 Å². The van der Waals surface area contributed by atoms with Gasteiger partial charge in [-0.15, -0.1) is 0 Å². The number of carbonyl (C=O) groups is 3. The number of hydrogen-bond acceptors (Lipinski definition) is 6. The van der Waals surface area contributed by atoms with E-state index in [9.17, 15) is 14.4 Å². The highest BCUT2D eigenvalue weighted by Crippen LogP contribution is 2.17. The van der Waals surface area contributed by atoms with E-state index in [1.165, 1.54) is 193 Å². The van der Waals surface area contributed by atoms with E-state index in [1.54, 1.807) is 0 Å². The first-order valence-electron chi connectivity index (χ1n) is 31.3. The molecule has 0 saturated carbocycles. The lowest BCUT2D eigenvalue weighted by atomic mass is 10.0. The maximum Gasteiger partial charge on any atom is 0.306 e. The molecule has 0 N–H and O–H groups in total. The Morgan fingerprint density at radius 3 is 0.861 bits per heavy atom. The van der Waals surface area contributed by atoms with E-state index in [0.717, 1.165) is 89.9 Å². The molecule has 0 aliphatic carbocycles. The third-order valence-corrected chi connectivity index (χ3v) is 13.8. The van der Waals surface area contributed by atoms with Gasteiger partial charge in [0.1, 0.15) is 13.2 Å².